The van der Waals surface area contributed by atoms with Crippen molar-refractivity contribution in [2.75, 3.05) is 5.32 Å². The first kappa shape index (κ1) is 9.84. The summed E-state index contributed by atoms with van der Waals surface area (Å²) in [6.45, 7) is 9.99. The van der Waals surface area contributed by atoms with Gasteiger partial charge in [0.25, 0.3) is 0 Å². The Morgan fingerprint density at radius 2 is 2.31 bits per heavy atom. The van der Waals surface area contributed by atoms with Gasteiger partial charge in [-0.05, 0) is 20.8 Å². The van der Waals surface area contributed by atoms with Crippen LogP contribution in [0.2, 0.25) is 0 Å². The van der Waals surface area contributed by atoms with Crippen LogP contribution in [0.25, 0.3) is 0 Å². The smallest absolute Gasteiger partial charge is 0.148 e. The molecule has 0 radical (unpaired) electrons. The molecular formula is C10H17N3. The quantitative estimate of drug-likeness (QED) is 0.699. The van der Waals surface area contributed by atoms with Crippen molar-refractivity contribution in [3.63, 3.8) is 0 Å². The van der Waals surface area contributed by atoms with Crippen molar-refractivity contribution in [1.82, 2.24) is 10.2 Å². The van der Waals surface area contributed by atoms with E-state index in [9.17, 15) is 0 Å². The number of H-pyrrole nitrogens is 1. The third-order valence-corrected chi connectivity index (χ3v) is 1.50. The standard InChI is InChI=1S/C10H17N3/c1-5-6-8-7-9(13-12-8)11-10(2,3)4/h5,7H,1,6H2,2-4H3,(H2,11,12,13). The van der Waals surface area contributed by atoms with E-state index < -0.39 is 0 Å². The maximum atomic E-state index is 4.14. The average molecular weight is 179 g/mol. The molecule has 0 aromatic carbocycles. The summed E-state index contributed by atoms with van der Waals surface area (Å²) in [6.07, 6.45) is 2.69. The minimum Gasteiger partial charge on any atom is -0.364 e. The zero-order valence-corrected chi connectivity index (χ0v) is 8.52. The molecule has 1 heterocycles. The highest BCUT2D eigenvalue weighted by atomic mass is 15.2. The molecule has 72 valence electrons. The molecule has 0 aliphatic heterocycles. The lowest BCUT2D eigenvalue weighted by molar-refractivity contribution is 0.630. The normalized spacial score (nSPS) is 11.3. The lowest BCUT2D eigenvalue weighted by atomic mass is 10.1. The minimum atomic E-state index is 0.0562. The van der Waals surface area contributed by atoms with Gasteiger partial charge in [0.2, 0.25) is 0 Å². The topological polar surface area (TPSA) is 40.7 Å². The number of anilines is 1. The summed E-state index contributed by atoms with van der Waals surface area (Å²) in [5.74, 6) is 0.893. The van der Waals surface area contributed by atoms with Gasteiger partial charge in [-0.1, -0.05) is 6.08 Å². The van der Waals surface area contributed by atoms with Gasteiger partial charge in [-0.2, -0.15) is 5.10 Å². The Morgan fingerprint density at radius 3 is 2.85 bits per heavy atom. The highest BCUT2D eigenvalue weighted by Gasteiger charge is 2.10. The fourth-order valence-corrected chi connectivity index (χ4v) is 1.07. The van der Waals surface area contributed by atoms with Gasteiger partial charge in [0.1, 0.15) is 5.82 Å². The largest absolute Gasteiger partial charge is 0.364 e. The lowest BCUT2D eigenvalue weighted by Crippen LogP contribution is -2.26. The van der Waals surface area contributed by atoms with E-state index in [1.54, 1.807) is 0 Å². The maximum Gasteiger partial charge on any atom is 0.148 e. The Bertz CT molecular complexity index is 281. The lowest BCUT2D eigenvalue weighted by Gasteiger charge is -2.19. The molecule has 0 spiro atoms. The summed E-state index contributed by atoms with van der Waals surface area (Å²) in [5, 5.41) is 10.4. The van der Waals surface area contributed by atoms with E-state index in [0.29, 0.717) is 0 Å². The van der Waals surface area contributed by atoms with Crippen molar-refractivity contribution in [3.05, 3.63) is 24.4 Å². The third-order valence-electron chi connectivity index (χ3n) is 1.50. The summed E-state index contributed by atoms with van der Waals surface area (Å²) >= 11 is 0. The number of aromatic amines is 1. The molecule has 3 nitrogen and oxygen atoms in total. The number of hydrogen-bond donors (Lipinski definition) is 2. The van der Waals surface area contributed by atoms with E-state index in [1.165, 1.54) is 0 Å². The summed E-state index contributed by atoms with van der Waals surface area (Å²) in [7, 11) is 0. The van der Waals surface area contributed by atoms with Crippen LogP contribution < -0.4 is 5.32 Å². The molecule has 0 saturated heterocycles. The molecule has 1 aromatic rings. The van der Waals surface area contributed by atoms with Gasteiger partial charge in [-0.15, -0.1) is 6.58 Å². The molecule has 0 aliphatic rings. The third kappa shape index (κ3) is 3.32. The van der Waals surface area contributed by atoms with Gasteiger partial charge in [0, 0.05) is 23.7 Å². The van der Waals surface area contributed by atoms with Crippen molar-refractivity contribution >= 4 is 5.82 Å². The predicted molar refractivity (Wildman–Crippen MR) is 55.9 cm³/mol. The maximum absolute atomic E-state index is 4.14. The number of nitrogens with one attached hydrogen (secondary N) is 2. The van der Waals surface area contributed by atoms with Crippen LogP contribution in [-0.4, -0.2) is 15.7 Å². The van der Waals surface area contributed by atoms with Crippen LogP contribution in [0.15, 0.2) is 18.7 Å². The highest BCUT2D eigenvalue weighted by Crippen LogP contribution is 2.12. The van der Waals surface area contributed by atoms with Crippen molar-refractivity contribution in [2.24, 2.45) is 0 Å². The van der Waals surface area contributed by atoms with Crippen LogP contribution in [0.1, 0.15) is 26.5 Å². The van der Waals surface area contributed by atoms with Gasteiger partial charge < -0.3 is 5.32 Å². The van der Waals surface area contributed by atoms with Crippen LogP contribution in [0.3, 0.4) is 0 Å². The molecule has 0 fully saturated rings. The molecule has 0 bridgehead atoms. The molecule has 0 unspecified atom stereocenters. The second-order valence-electron chi connectivity index (χ2n) is 4.15. The van der Waals surface area contributed by atoms with Gasteiger partial charge in [-0.25, -0.2) is 0 Å². The minimum absolute atomic E-state index is 0.0562. The summed E-state index contributed by atoms with van der Waals surface area (Å²) in [6, 6.07) is 2.01. The zero-order valence-electron chi connectivity index (χ0n) is 8.52. The molecule has 2 N–H and O–H groups in total. The summed E-state index contributed by atoms with van der Waals surface area (Å²) in [4.78, 5) is 0. The van der Waals surface area contributed by atoms with E-state index in [2.05, 4.69) is 42.9 Å². The molecule has 1 aromatic heterocycles. The van der Waals surface area contributed by atoms with Crippen LogP contribution in [0.4, 0.5) is 5.82 Å². The molecule has 1 rings (SSSR count). The van der Waals surface area contributed by atoms with Crippen molar-refractivity contribution in [3.8, 4) is 0 Å². The van der Waals surface area contributed by atoms with Gasteiger partial charge in [0.05, 0.1) is 0 Å². The summed E-state index contributed by atoms with van der Waals surface area (Å²) < 4.78 is 0. The molecule has 3 heteroatoms. The fraction of sp³-hybridized carbons (Fsp3) is 0.500. The van der Waals surface area contributed by atoms with Gasteiger partial charge in [0.15, 0.2) is 0 Å². The predicted octanol–water partition coefficient (Wildman–Crippen LogP) is 2.35. The molecule has 13 heavy (non-hydrogen) atoms. The van der Waals surface area contributed by atoms with E-state index in [0.717, 1.165) is 17.9 Å². The number of nitrogens with zero attached hydrogens (tertiary/aromatic N) is 1. The molecule has 0 aliphatic carbocycles. The first-order valence-electron chi connectivity index (χ1n) is 4.44. The van der Waals surface area contributed by atoms with Gasteiger partial charge in [-0.3, -0.25) is 5.10 Å². The number of rotatable bonds is 3. The van der Waals surface area contributed by atoms with Crippen LogP contribution >= 0.6 is 0 Å². The molecule has 0 atom stereocenters. The second-order valence-corrected chi connectivity index (χ2v) is 4.15. The monoisotopic (exact) mass is 179 g/mol. The van der Waals surface area contributed by atoms with Crippen molar-refractivity contribution in [2.45, 2.75) is 32.7 Å². The Labute approximate surface area is 79.2 Å². The Kier molecular flexibility index (Phi) is 2.76. The van der Waals surface area contributed by atoms with Crippen molar-refractivity contribution in [1.29, 1.82) is 0 Å². The Hall–Kier alpha value is -1.25. The van der Waals surface area contributed by atoms with Gasteiger partial charge >= 0.3 is 0 Å². The van der Waals surface area contributed by atoms with Crippen LogP contribution in [0, 0.1) is 0 Å². The first-order valence-corrected chi connectivity index (χ1v) is 4.44. The van der Waals surface area contributed by atoms with Crippen molar-refractivity contribution < 1.29 is 0 Å². The van der Waals surface area contributed by atoms with Crippen LogP contribution in [-0.2, 0) is 6.42 Å². The SMILES string of the molecule is C=CCc1cc(NC(C)(C)C)n[nH]1. The van der Waals surface area contributed by atoms with E-state index in [1.807, 2.05) is 12.1 Å². The van der Waals surface area contributed by atoms with E-state index >= 15 is 0 Å². The zero-order chi connectivity index (χ0) is 9.90. The molecule has 0 amide bonds. The fourth-order valence-electron chi connectivity index (χ4n) is 1.07. The van der Waals surface area contributed by atoms with E-state index in [-0.39, 0.29) is 5.54 Å². The first-order chi connectivity index (χ1) is 6.01. The van der Waals surface area contributed by atoms with E-state index in [4.69, 9.17) is 0 Å². The number of aromatic nitrogens is 2. The summed E-state index contributed by atoms with van der Waals surface area (Å²) in [5.41, 5.74) is 1.14. The average Bonchev–Trinajstić information content (AvgIpc) is 2.33. The Balaban J connectivity index is 2.63. The Morgan fingerprint density at radius 1 is 1.62 bits per heavy atom. The number of allylic oxidation sites excluding steroid dienone is 1. The number of hydrogen-bond acceptors (Lipinski definition) is 2. The molecule has 0 saturated carbocycles. The second kappa shape index (κ2) is 3.64. The highest BCUT2D eigenvalue weighted by molar-refractivity contribution is 5.38. The van der Waals surface area contributed by atoms with Crippen LogP contribution in [0.5, 0.6) is 0 Å². The molecular weight excluding hydrogens is 162 g/mol.